The molecule has 3 atom stereocenters. The molecule has 1 aliphatic heterocycles. The summed E-state index contributed by atoms with van der Waals surface area (Å²) in [5.41, 5.74) is 0.996. The third-order valence-corrected chi connectivity index (χ3v) is 5.32. The molecule has 1 amide bonds. The Morgan fingerprint density at radius 3 is 2.47 bits per heavy atom. The maximum absolute atomic E-state index is 12.8. The largest absolute Gasteiger partial charge is 0.466 e. The van der Waals surface area contributed by atoms with Gasteiger partial charge in [-0.15, -0.1) is 0 Å². The third-order valence-electron chi connectivity index (χ3n) is 5.32. The van der Waals surface area contributed by atoms with Crippen LogP contribution in [0.5, 0.6) is 0 Å². The molecule has 0 radical (unpaired) electrons. The molecule has 184 valence electrons. The molecular formula is C23H29N3O8. The van der Waals surface area contributed by atoms with Gasteiger partial charge < -0.3 is 19.5 Å². The number of rotatable bonds is 8. The van der Waals surface area contributed by atoms with E-state index in [0.717, 1.165) is 0 Å². The van der Waals surface area contributed by atoms with Crippen LogP contribution in [0.4, 0.5) is 10.5 Å². The normalized spacial score (nSPS) is 18.6. The Morgan fingerprint density at radius 2 is 1.91 bits per heavy atom. The standard InChI is InChI=1S/C23H29N3O8/c1-7-33-22(28)19(12(2)3)25-23(29)34-20-14(5)24-13(4)17(21(27)32-6)18(20)15-9-8-10-16(11-15)26(30)31/h8-12,18-20H,7H2,1-6H3,(H,25,29)/t18-,19+,20?/m1/s1. The van der Waals surface area contributed by atoms with Crippen molar-refractivity contribution in [2.24, 2.45) is 10.9 Å². The number of alkyl carbamates (subject to hydrolysis) is 1. The molecule has 11 heteroatoms. The van der Waals surface area contributed by atoms with Crippen molar-refractivity contribution in [3.05, 3.63) is 51.2 Å². The van der Waals surface area contributed by atoms with Crippen LogP contribution in [0.15, 0.2) is 40.5 Å². The molecule has 1 aromatic rings. The third kappa shape index (κ3) is 5.97. The van der Waals surface area contributed by atoms with Gasteiger partial charge in [-0.3, -0.25) is 15.1 Å². The lowest BCUT2D eigenvalue weighted by atomic mass is 9.81. The molecule has 1 aliphatic rings. The average Bonchev–Trinajstić information content (AvgIpc) is 2.78. The smallest absolute Gasteiger partial charge is 0.408 e. The highest BCUT2D eigenvalue weighted by Crippen LogP contribution is 2.38. The van der Waals surface area contributed by atoms with Crippen molar-refractivity contribution in [3.63, 3.8) is 0 Å². The van der Waals surface area contributed by atoms with E-state index in [4.69, 9.17) is 14.2 Å². The van der Waals surface area contributed by atoms with E-state index in [1.807, 2.05) is 0 Å². The predicted octanol–water partition coefficient (Wildman–Crippen LogP) is 3.28. The summed E-state index contributed by atoms with van der Waals surface area (Å²) >= 11 is 0. The second-order valence-corrected chi connectivity index (χ2v) is 8.02. The zero-order valence-corrected chi connectivity index (χ0v) is 20.0. The molecule has 0 saturated carbocycles. The number of nitrogens with one attached hydrogen (secondary N) is 1. The zero-order valence-electron chi connectivity index (χ0n) is 20.0. The first-order valence-corrected chi connectivity index (χ1v) is 10.7. The number of benzene rings is 1. The molecule has 1 N–H and O–H groups in total. The summed E-state index contributed by atoms with van der Waals surface area (Å²) in [5.74, 6) is -2.51. The molecule has 0 aliphatic carbocycles. The monoisotopic (exact) mass is 475 g/mol. The predicted molar refractivity (Wildman–Crippen MR) is 122 cm³/mol. The number of ether oxygens (including phenoxy) is 3. The summed E-state index contributed by atoms with van der Waals surface area (Å²) in [4.78, 5) is 52.8. The number of allylic oxidation sites excluding steroid dienone is 1. The van der Waals surface area contributed by atoms with Crippen molar-refractivity contribution in [1.82, 2.24) is 5.32 Å². The van der Waals surface area contributed by atoms with Crippen molar-refractivity contribution >= 4 is 29.4 Å². The summed E-state index contributed by atoms with van der Waals surface area (Å²) in [6.07, 6.45) is -2.01. The van der Waals surface area contributed by atoms with E-state index in [9.17, 15) is 24.5 Å². The molecule has 0 aromatic heterocycles. The van der Waals surface area contributed by atoms with E-state index in [-0.39, 0.29) is 23.8 Å². The van der Waals surface area contributed by atoms with Gasteiger partial charge in [-0.05, 0) is 32.3 Å². The van der Waals surface area contributed by atoms with Crippen LogP contribution < -0.4 is 5.32 Å². The van der Waals surface area contributed by atoms with E-state index in [1.165, 1.54) is 25.3 Å². The highest BCUT2D eigenvalue weighted by atomic mass is 16.6. The van der Waals surface area contributed by atoms with Crippen molar-refractivity contribution in [3.8, 4) is 0 Å². The SMILES string of the molecule is CCOC(=O)[C@@H](NC(=O)OC1C(C)=NC(C)=C(C(=O)OC)[C@H]1c1cccc([N+](=O)[O-])c1)C(C)C. The fourth-order valence-corrected chi connectivity index (χ4v) is 3.72. The van der Waals surface area contributed by atoms with Gasteiger partial charge in [0.05, 0.1) is 35.8 Å². The number of carbonyl (C=O) groups is 3. The lowest BCUT2D eigenvalue weighted by Gasteiger charge is -2.32. The van der Waals surface area contributed by atoms with E-state index in [2.05, 4.69) is 10.3 Å². The quantitative estimate of drug-likeness (QED) is 0.261. The van der Waals surface area contributed by atoms with Crippen molar-refractivity contribution in [2.45, 2.75) is 52.7 Å². The molecule has 34 heavy (non-hydrogen) atoms. The Balaban J connectivity index is 2.47. The summed E-state index contributed by atoms with van der Waals surface area (Å²) in [5, 5.41) is 13.8. The number of methoxy groups -OCH3 is 1. The number of carbonyl (C=O) groups excluding carboxylic acids is 3. The number of nitro benzene ring substituents is 1. The molecule has 1 unspecified atom stereocenters. The Labute approximate surface area is 197 Å². The summed E-state index contributed by atoms with van der Waals surface area (Å²) < 4.78 is 15.6. The second-order valence-electron chi connectivity index (χ2n) is 8.02. The molecule has 0 bridgehead atoms. The van der Waals surface area contributed by atoms with Crippen LogP contribution in [0.25, 0.3) is 0 Å². The van der Waals surface area contributed by atoms with E-state index >= 15 is 0 Å². The van der Waals surface area contributed by atoms with Crippen LogP contribution >= 0.6 is 0 Å². The number of esters is 2. The van der Waals surface area contributed by atoms with Gasteiger partial charge in [-0.2, -0.15) is 0 Å². The number of hydrogen-bond donors (Lipinski definition) is 1. The summed E-state index contributed by atoms with van der Waals surface area (Å²) in [6, 6.07) is 4.74. The molecule has 1 aromatic carbocycles. The first kappa shape index (κ1) is 26.5. The minimum absolute atomic E-state index is 0.109. The van der Waals surface area contributed by atoms with Gasteiger partial charge in [0, 0.05) is 17.8 Å². The molecular weight excluding hydrogens is 446 g/mol. The van der Waals surface area contributed by atoms with Crippen LogP contribution in [0.3, 0.4) is 0 Å². The van der Waals surface area contributed by atoms with E-state index < -0.39 is 41.0 Å². The van der Waals surface area contributed by atoms with Crippen molar-refractivity contribution < 1.29 is 33.5 Å². The average molecular weight is 475 g/mol. The fraction of sp³-hybridized carbons (Fsp3) is 0.478. The minimum atomic E-state index is -1.09. The Kier molecular flexibility index (Phi) is 8.88. The van der Waals surface area contributed by atoms with Gasteiger partial charge in [0.25, 0.3) is 5.69 Å². The number of nitrogens with zero attached hydrogens (tertiary/aromatic N) is 2. The maximum Gasteiger partial charge on any atom is 0.408 e. The van der Waals surface area contributed by atoms with Crippen LogP contribution in [0.1, 0.15) is 46.1 Å². The van der Waals surface area contributed by atoms with Crippen molar-refractivity contribution in [1.29, 1.82) is 0 Å². The number of nitro groups is 1. The molecule has 2 rings (SSSR count). The van der Waals surface area contributed by atoms with Crippen LogP contribution in [0.2, 0.25) is 0 Å². The van der Waals surface area contributed by atoms with Gasteiger partial charge in [0.1, 0.15) is 6.04 Å². The second kappa shape index (κ2) is 11.4. The van der Waals surface area contributed by atoms with Crippen LogP contribution in [0, 0.1) is 16.0 Å². The first-order valence-electron chi connectivity index (χ1n) is 10.7. The lowest BCUT2D eigenvalue weighted by molar-refractivity contribution is -0.384. The number of amides is 1. The maximum atomic E-state index is 12.8. The zero-order chi connectivity index (χ0) is 25.6. The molecule has 11 nitrogen and oxygen atoms in total. The van der Waals surface area contributed by atoms with Crippen LogP contribution in [-0.2, 0) is 23.8 Å². The summed E-state index contributed by atoms with van der Waals surface area (Å²) in [6.45, 7) is 8.50. The highest BCUT2D eigenvalue weighted by molar-refractivity contribution is 5.99. The number of aliphatic imine (C=N–C) groups is 1. The number of non-ortho nitro benzene ring substituents is 1. The lowest BCUT2D eigenvalue weighted by Crippen LogP contribution is -2.48. The first-order chi connectivity index (χ1) is 16.0. The Bertz CT molecular complexity index is 1030. The van der Waals surface area contributed by atoms with Gasteiger partial charge in [-0.1, -0.05) is 26.0 Å². The Hall–Kier alpha value is -3.76. The minimum Gasteiger partial charge on any atom is -0.466 e. The topological polar surface area (TPSA) is 146 Å². The van der Waals surface area contributed by atoms with Crippen LogP contribution in [-0.4, -0.2) is 54.5 Å². The van der Waals surface area contributed by atoms with Gasteiger partial charge in [0.15, 0.2) is 6.10 Å². The molecule has 1 heterocycles. The molecule has 0 fully saturated rings. The van der Waals surface area contributed by atoms with Gasteiger partial charge >= 0.3 is 18.0 Å². The van der Waals surface area contributed by atoms with Gasteiger partial charge in [0.2, 0.25) is 0 Å². The Morgan fingerprint density at radius 1 is 1.24 bits per heavy atom. The summed E-state index contributed by atoms with van der Waals surface area (Å²) in [7, 11) is 1.20. The van der Waals surface area contributed by atoms with E-state index in [1.54, 1.807) is 40.7 Å². The highest BCUT2D eigenvalue weighted by Gasteiger charge is 2.41. The number of hydrogen-bond acceptors (Lipinski definition) is 9. The van der Waals surface area contributed by atoms with Crippen molar-refractivity contribution in [2.75, 3.05) is 13.7 Å². The molecule has 0 spiro atoms. The fourth-order valence-electron chi connectivity index (χ4n) is 3.72. The van der Waals surface area contributed by atoms with E-state index in [0.29, 0.717) is 17.0 Å². The molecule has 0 saturated heterocycles. The van der Waals surface area contributed by atoms with Gasteiger partial charge in [-0.25, -0.2) is 14.4 Å².